The van der Waals surface area contributed by atoms with Crippen molar-refractivity contribution in [1.82, 2.24) is 10.4 Å². The molecule has 0 aliphatic heterocycles. The van der Waals surface area contributed by atoms with Gasteiger partial charge in [-0.25, -0.2) is 10.8 Å². The first-order valence-corrected chi connectivity index (χ1v) is 3.42. The monoisotopic (exact) mass is 166 g/mol. The van der Waals surface area contributed by atoms with Crippen molar-refractivity contribution in [3.63, 3.8) is 0 Å². The Hall–Kier alpha value is -1.62. The van der Waals surface area contributed by atoms with E-state index in [0.717, 1.165) is 0 Å². The molecule has 1 aromatic heterocycles. The van der Waals surface area contributed by atoms with E-state index < -0.39 is 0 Å². The summed E-state index contributed by atoms with van der Waals surface area (Å²) in [7, 11) is 1.75. The molecule has 0 atom stereocenters. The quantitative estimate of drug-likeness (QED) is 0.321. The first kappa shape index (κ1) is 8.48. The highest BCUT2D eigenvalue weighted by Crippen LogP contribution is 2.02. The van der Waals surface area contributed by atoms with Crippen molar-refractivity contribution in [3.05, 3.63) is 23.9 Å². The largest absolute Gasteiger partial charge is 0.373 e. The molecule has 5 heteroatoms. The molecule has 1 heterocycles. The third-order valence-electron chi connectivity index (χ3n) is 1.41. The molecule has 0 unspecified atom stereocenters. The van der Waals surface area contributed by atoms with Gasteiger partial charge in [-0.1, -0.05) is 0 Å². The Morgan fingerprint density at radius 3 is 2.75 bits per heavy atom. The molecule has 0 saturated carbocycles. The van der Waals surface area contributed by atoms with E-state index in [-0.39, 0.29) is 5.91 Å². The van der Waals surface area contributed by atoms with E-state index >= 15 is 0 Å². The summed E-state index contributed by atoms with van der Waals surface area (Å²) in [5.74, 6) is 5.30. The third kappa shape index (κ3) is 1.70. The Kier molecular flexibility index (Phi) is 2.60. The molecule has 0 fully saturated rings. The number of anilines is 1. The standard InChI is InChI=1S/C7H10N4O/c1-9-6-3-2-5(4-10-6)7(12)11-8/h2-4H,8H2,1H3,(H,9,10)(H,11,12). The second kappa shape index (κ2) is 3.68. The molecule has 1 rings (SSSR count). The number of amides is 1. The van der Waals surface area contributed by atoms with Gasteiger partial charge in [-0.05, 0) is 12.1 Å². The average molecular weight is 166 g/mol. The summed E-state index contributed by atoms with van der Waals surface area (Å²) in [6, 6.07) is 3.34. The lowest BCUT2D eigenvalue weighted by Crippen LogP contribution is -2.30. The number of nitrogens with zero attached hydrogens (tertiary/aromatic N) is 1. The zero-order valence-electron chi connectivity index (χ0n) is 6.66. The molecular formula is C7H10N4O. The Labute approximate surface area is 70.0 Å². The zero-order valence-corrected chi connectivity index (χ0v) is 6.66. The molecule has 0 aliphatic rings. The molecule has 0 radical (unpaired) electrons. The van der Waals surface area contributed by atoms with Gasteiger partial charge in [0.15, 0.2) is 0 Å². The summed E-state index contributed by atoms with van der Waals surface area (Å²) < 4.78 is 0. The van der Waals surface area contributed by atoms with Crippen LogP contribution in [0.3, 0.4) is 0 Å². The van der Waals surface area contributed by atoms with Gasteiger partial charge < -0.3 is 5.32 Å². The molecule has 1 amide bonds. The van der Waals surface area contributed by atoms with Gasteiger partial charge in [0.05, 0.1) is 5.56 Å². The van der Waals surface area contributed by atoms with Crippen LogP contribution >= 0.6 is 0 Å². The van der Waals surface area contributed by atoms with Gasteiger partial charge in [-0.15, -0.1) is 0 Å². The van der Waals surface area contributed by atoms with Crippen LogP contribution in [0.4, 0.5) is 5.82 Å². The van der Waals surface area contributed by atoms with Crippen LogP contribution in [0.5, 0.6) is 0 Å². The number of aromatic nitrogens is 1. The molecule has 5 nitrogen and oxygen atoms in total. The fraction of sp³-hybridized carbons (Fsp3) is 0.143. The number of nitrogen functional groups attached to an aromatic ring is 1. The van der Waals surface area contributed by atoms with E-state index in [0.29, 0.717) is 11.4 Å². The predicted octanol–water partition coefficient (Wildman–Crippen LogP) is -0.273. The van der Waals surface area contributed by atoms with Crippen molar-refractivity contribution in [2.75, 3.05) is 12.4 Å². The number of carbonyl (C=O) groups excluding carboxylic acids is 1. The van der Waals surface area contributed by atoms with E-state index in [1.807, 2.05) is 5.43 Å². The first-order chi connectivity index (χ1) is 5.77. The molecule has 0 aliphatic carbocycles. The highest BCUT2D eigenvalue weighted by molar-refractivity contribution is 5.93. The van der Waals surface area contributed by atoms with Crippen molar-refractivity contribution < 1.29 is 4.79 Å². The SMILES string of the molecule is CNc1ccc(C(=O)NN)cn1. The van der Waals surface area contributed by atoms with Gasteiger partial charge in [-0.2, -0.15) is 0 Å². The number of rotatable bonds is 2. The van der Waals surface area contributed by atoms with Crippen LogP contribution in [-0.4, -0.2) is 17.9 Å². The molecule has 12 heavy (non-hydrogen) atoms. The maximum Gasteiger partial charge on any atom is 0.266 e. The van der Waals surface area contributed by atoms with Crippen molar-refractivity contribution >= 4 is 11.7 Å². The van der Waals surface area contributed by atoms with Crippen LogP contribution in [-0.2, 0) is 0 Å². The smallest absolute Gasteiger partial charge is 0.266 e. The Morgan fingerprint density at radius 1 is 1.58 bits per heavy atom. The summed E-state index contributed by atoms with van der Waals surface area (Å²) in [5.41, 5.74) is 2.46. The maximum atomic E-state index is 10.9. The highest BCUT2D eigenvalue weighted by atomic mass is 16.2. The Balaban J connectivity index is 2.84. The second-order valence-electron chi connectivity index (χ2n) is 2.16. The summed E-state index contributed by atoms with van der Waals surface area (Å²) in [4.78, 5) is 14.9. The molecule has 64 valence electrons. The number of nitrogens with two attached hydrogens (primary N) is 1. The fourth-order valence-corrected chi connectivity index (χ4v) is 0.759. The van der Waals surface area contributed by atoms with Crippen LogP contribution in [0.25, 0.3) is 0 Å². The highest BCUT2D eigenvalue weighted by Gasteiger charge is 2.02. The molecular weight excluding hydrogens is 156 g/mol. The molecule has 0 saturated heterocycles. The topological polar surface area (TPSA) is 80.0 Å². The van der Waals surface area contributed by atoms with Gasteiger partial charge in [0.25, 0.3) is 5.91 Å². The van der Waals surface area contributed by atoms with Crippen LogP contribution < -0.4 is 16.6 Å². The van der Waals surface area contributed by atoms with Gasteiger partial charge in [0.1, 0.15) is 5.82 Å². The second-order valence-corrected chi connectivity index (χ2v) is 2.16. The number of hydrazine groups is 1. The van der Waals surface area contributed by atoms with E-state index in [4.69, 9.17) is 5.84 Å². The Bertz CT molecular complexity index is 269. The molecule has 4 N–H and O–H groups in total. The van der Waals surface area contributed by atoms with Crippen molar-refractivity contribution in [3.8, 4) is 0 Å². The van der Waals surface area contributed by atoms with Crippen LogP contribution in [0.2, 0.25) is 0 Å². The predicted molar refractivity (Wildman–Crippen MR) is 45.4 cm³/mol. The van der Waals surface area contributed by atoms with E-state index in [2.05, 4.69) is 10.3 Å². The summed E-state index contributed by atoms with van der Waals surface area (Å²) in [5, 5.41) is 2.84. The lowest BCUT2D eigenvalue weighted by atomic mass is 10.3. The van der Waals surface area contributed by atoms with Crippen LogP contribution in [0.15, 0.2) is 18.3 Å². The molecule has 0 aromatic carbocycles. The van der Waals surface area contributed by atoms with Crippen molar-refractivity contribution in [1.29, 1.82) is 0 Å². The summed E-state index contributed by atoms with van der Waals surface area (Å²) in [6.45, 7) is 0. The third-order valence-corrected chi connectivity index (χ3v) is 1.41. The fourth-order valence-electron chi connectivity index (χ4n) is 0.759. The minimum atomic E-state index is -0.342. The molecule has 1 aromatic rings. The van der Waals surface area contributed by atoms with Crippen molar-refractivity contribution in [2.45, 2.75) is 0 Å². The first-order valence-electron chi connectivity index (χ1n) is 3.42. The number of pyridine rings is 1. The number of hydrogen-bond donors (Lipinski definition) is 3. The molecule has 0 spiro atoms. The van der Waals surface area contributed by atoms with Gasteiger partial charge in [-0.3, -0.25) is 10.2 Å². The maximum absolute atomic E-state index is 10.9. The van der Waals surface area contributed by atoms with Gasteiger partial charge in [0, 0.05) is 13.2 Å². The van der Waals surface area contributed by atoms with E-state index in [1.54, 1.807) is 19.2 Å². The van der Waals surface area contributed by atoms with Crippen LogP contribution in [0, 0.1) is 0 Å². The molecule has 0 bridgehead atoms. The van der Waals surface area contributed by atoms with Gasteiger partial charge >= 0.3 is 0 Å². The minimum absolute atomic E-state index is 0.342. The lowest BCUT2D eigenvalue weighted by molar-refractivity contribution is 0.0953. The van der Waals surface area contributed by atoms with Gasteiger partial charge in [0.2, 0.25) is 0 Å². The minimum Gasteiger partial charge on any atom is -0.373 e. The van der Waals surface area contributed by atoms with E-state index in [9.17, 15) is 4.79 Å². The van der Waals surface area contributed by atoms with E-state index in [1.165, 1.54) is 6.20 Å². The van der Waals surface area contributed by atoms with Crippen LogP contribution in [0.1, 0.15) is 10.4 Å². The lowest BCUT2D eigenvalue weighted by Gasteiger charge is -2.00. The average Bonchev–Trinajstić information content (AvgIpc) is 2.17. The Morgan fingerprint density at radius 2 is 2.33 bits per heavy atom. The normalized spacial score (nSPS) is 9.17. The van der Waals surface area contributed by atoms with Crippen molar-refractivity contribution in [2.24, 2.45) is 5.84 Å². The summed E-state index contributed by atoms with van der Waals surface area (Å²) in [6.07, 6.45) is 1.45. The zero-order chi connectivity index (χ0) is 8.97. The number of carbonyl (C=O) groups is 1. The number of hydrogen-bond acceptors (Lipinski definition) is 4. The number of nitrogens with one attached hydrogen (secondary N) is 2. The summed E-state index contributed by atoms with van der Waals surface area (Å²) >= 11 is 0.